The minimum atomic E-state index is -0.885. The molecule has 2 atom stereocenters. The first-order valence-corrected chi connectivity index (χ1v) is 9.17. The van der Waals surface area contributed by atoms with Crippen molar-refractivity contribution < 1.29 is 14.7 Å². The Morgan fingerprint density at radius 1 is 1.43 bits per heavy atom. The summed E-state index contributed by atoms with van der Waals surface area (Å²) in [5, 5.41) is 11.2. The van der Waals surface area contributed by atoms with Crippen LogP contribution in [0.5, 0.6) is 0 Å². The van der Waals surface area contributed by atoms with Crippen LogP contribution in [0.2, 0.25) is 0 Å². The Hall–Kier alpha value is -1.40. The summed E-state index contributed by atoms with van der Waals surface area (Å²) in [6, 6.07) is 2.33. The smallest absolute Gasteiger partial charge is 0.317 e. The number of rotatable bonds is 7. The Morgan fingerprint density at radius 3 is 2.78 bits per heavy atom. The van der Waals surface area contributed by atoms with Crippen molar-refractivity contribution in [2.75, 3.05) is 19.6 Å². The number of thiophene rings is 1. The first-order chi connectivity index (χ1) is 11.0. The molecule has 2 heterocycles. The summed E-state index contributed by atoms with van der Waals surface area (Å²) in [4.78, 5) is 29.0. The van der Waals surface area contributed by atoms with E-state index in [4.69, 9.17) is 5.11 Å². The number of amides is 1. The molecular formula is C17H26N2O3S. The van der Waals surface area contributed by atoms with E-state index in [0.717, 1.165) is 25.8 Å². The van der Waals surface area contributed by atoms with E-state index in [0.29, 0.717) is 0 Å². The fourth-order valence-corrected chi connectivity index (χ4v) is 4.13. The van der Waals surface area contributed by atoms with Crippen molar-refractivity contribution in [2.24, 2.45) is 0 Å². The highest BCUT2D eigenvalue weighted by molar-refractivity contribution is 7.10. The van der Waals surface area contributed by atoms with Gasteiger partial charge in [-0.25, -0.2) is 0 Å². The third-order valence-corrected chi connectivity index (χ3v) is 5.69. The van der Waals surface area contributed by atoms with Gasteiger partial charge in [0.2, 0.25) is 5.91 Å². The lowest BCUT2D eigenvalue weighted by atomic mass is 9.97. The largest absolute Gasteiger partial charge is 0.480 e. The van der Waals surface area contributed by atoms with Gasteiger partial charge >= 0.3 is 5.97 Å². The van der Waals surface area contributed by atoms with E-state index in [-0.39, 0.29) is 31.1 Å². The summed E-state index contributed by atoms with van der Waals surface area (Å²) >= 11 is 1.76. The summed E-state index contributed by atoms with van der Waals surface area (Å²) in [7, 11) is 0. The molecule has 23 heavy (non-hydrogen) atoms. The SMILES string of the molecule is CC[C@@H](C)N(CC(=O)O)CC(=O)N1CCc2sccc2[C@@H]1CC. The summed E-state index contributed by atoms with van der Waals surface area (Å²) in [6.45, 7) is 6.90. The number of hydrogen-bond acceptors (Lipinski definition) is 4. The number of carboxylic acids is 1. The maximum atomic E-state index is 12.8. The van der Waals surface area contributed by atoms with Gasteiger partial charge in [-0.2, -0.15) is 0 Å². The van der Waals surface area contributed by atoms with E-state index < -0.39 is 5.97 Å². The van der Waals surface area contributed by atoms with E-state index in [2.05, 4.69) is 18.4 Å². The summed E-state index contributed by atoms with van der Waals surface area (Å²) in [6.07, 6.45) is 2.61. The molecule has 5 nitrogen and oxygen atoms in total. The second-order valence-corrected chi connectivity index (χ2v) is 7.12. The van der Waals surface area contributed by atoms with Crippen molar-refractivity contribution >= 4 is 23.2 Å². The highest BCUT2D eigenvalue weighted by Gasteiger charge is 2.31. The zero-order valence-electron chi connectivity index (χ0n) is 14.1. The molecule has 1 aromatic heterocycles. The first-order valence-electron chi connectivity index (χ1n) is 8.29. The number of carbonyl (C=O) groups excluding carboxylic acids is 1. The van der Waals surface area contributed by atoms with Gasteiger partial charge in [0.1, 0.15) is 0 Å². The summed E-state index contributed by atoms with van der Waals surface area (Å²) < 4.78 is 0. The number of aliphatic carboxylic acids is 1. The number of hydrogen-bond donors (Lipinski definition) is 1. The molecule has 0 spiro atoms. The Kier molecular flexibility index (Phi) is 6.18. The van der Waals surface area contributed by atoms with Crippen molar-refractivity contribution in [2.45, 2.75) is 52.1 Å². The van der Waals surface area contributed by atoms with E-state index in [1.165, 1.54) is 10.4 Å². The van der Waals surface area contributed by atoms with Gasteiger partial charge in [0.25, 0.3) is 0 Å². The molecule has 0 aromatic carbocycles. The van der Waals surface area contributed by atoms with Crippen molar-refractivity contribution in [3.8, 4) is 0 Å². The zero-order valence-corrected chi connectivity index (χ0v) is 14.9. The molecule has 0 saturated heterocycles. The lowest BCUT2D eigenvalue weighted by molar-refractivity contribution is -0.141. The van der Waals surface area contributed by atoms with Gasteiger partial charge in [-0.15, -0.1) is 11.3 Å². The fraction of sp³-hybridized carbons (Fsp3) is 0.647. The Balaban J connectivity index is 2.11. The predicted molar refractivity (Wildman–Crippen MR) is 91.7 cm³/mol. The average Bonchev–Trinajstić information content (AvgIpc) is 3.00. The third kappa shape index (κ3) is 4.12. The number of carboxylic acid groups (broad SMARTS) is 1. The molecule has 0 bridgehead atoms. The van der Waals surface area contributed by atoms with Crippen LogP contribution in [-0.4, -0.2) is 52.5 Å². The van der Waals surface area contributed by atoms with Gasteiger partial charge < -0.3 is 10.0 Å². The van der Waals surface area contributed by atoms with E-state index in [9.17, 15) is 9.59 Å². The molecule has 2 rings (SSSR count). The Labute approximate surface area is 141 Å². The molecule has 0 fully saturated rings. The van der Waals surface area contributed by atoms with Crippen LogP contribution in [-0.2, 0) is 16.0 Å². The molecule has 1 amide bonds. The van der Waals surface area contributed by atoms with Gasteiger partial charge in [-0.1, -0.05) is 13.8 Å². The molecular weight excluding hydrogens is 312 g/mol. The van der Waals surface area contributed by atoms with Gasteiger partial charge in [0.15, 0.2) is 0 Å². The molecule has 1 aliphatic heterocycles. The summed E-state index contributed by atoms with van der Waals surface area (Å²) in [5.74, 6) is -0.848. The number of fused-ring (bicyclic) bond motifs is 1. The van der Waals surface area contributed by atoms with E-state index in [1.54, 1.807) is 16.2 Å². The quantitative estimate of drug-likeness (QED) is 0.830. The number of nitrogens with zero attached hydrogens (tertiary/aromatic N) is 2. The minimum absolute atomic E-state index is 0.0373. The lowest BCUT2D eigenvalue weighted by Crippen LogP contribution is -2.48. The molecule has 1 N–H and O–H groups in total. The summed E-state index contributed by atoms with van der Waals surface area (Å²) in [5.41, 5.74) is 1.27. The van der Waals surface area contributed by atoms with Crippen molar-refractivity contribution in [1.29, 1.82) is 0 Å². The maximum absolute atomic E-state index is 12.8. The van der Waals surface area contributed by atoms with Crippen LogP contribution in [0, 0.1) is 0 Å². The van der Waals surface area contributed by atoms with Gasteiger partial charge in [-0.05, 0) is 43.2 Å². The number of carbonyl (C=O) groups is 2. The van der Waals surface area contributed by atoms with E-state index in [1.807, 2.05) is 18.7 Å². The van der Waals surface area contributed by atoms with Crippen molar-refractivity contribution in [3.63, 3.8) is 0 Å². The normalized spacial score (nSPS) is 18.8. The van der Waals surface area contributed by atoms with Crippen molar-refractivity contribution in [3.05, 3.63) is 21.9 Å². The molecule has 1 aromatic rings. The molecule has 1 aliphatic rings. The molecule has 0 unspecified atom stereocenters. The second-order valence-electron chi connectivity index (χ2n) is 6.12. The average molecular weight is 338 g/mol. The monoisotopic (exact) mass is 338 g/mol. The molecule has 0 aliphatic carbocycles. The van der Waals surface area contributed by atoms with E-state index >= 15 is 0 Å². The van der Waals surface area contributed by atoms with Crippen LogP contribution in [0.4, 0.5) is 0 Å². The fourth-order valence-electron chi connectivity index (χ4n) is 3.20. The standard InChI is InChI=1S/C17H26N2O3S/c1-4-12(3)18(11-17(21)22)10-16(20)19-8-6-15-13(7-9-23-15)14(19)5-2/h7,9,12,14H,4-6,8,10-11H2,1-3H3,(H,21,22)/t12-,14+/m1/s1. The molecule has 0 saturated carbocycles. The van der Waals surface area contributed by atoms with Crippen LogP contribution in [0.1, 0.15) is 50.1 Å². The van der Waals surface area contributed by atoms with Crippen LogP contribution < -0.4 is 0 Å². The van der Waals surface area contributed by atoms with Crippen LogP contribution in [0.3, 0.4) is 0 Å². The highest BCUT2D eigenvalue weighted by atomic mass is 32.1. The van der Waals surface area contributed by atoms with Crippen molar-refractivity contribution in [1.82, 2.24) is 9.80 Å². The lowest BCUT2D eigenvalue weighted by Gasteiger charge is -2.37. The Morgan fingerprint density at radius 2 is 2.17 bits per heavy atom. The van der Waals surface area contributed by atoms with Crippen LogP contribution >= 0.6 is 11.3 Å². The topological polar surface area (TPSA) is 60.9 Å². The van der Waals surface area contributed by atoms with Gasteiger partial charge in [0.05, 0.1) is 19.1 Å². The highest BCUT2D eigenvalue weighted by Crippen LogP contribution is 2.35. The van der Waals surface area contributed by atoms with Gasteiger partial charge in [0, 0.05) is 17.5 Å². The minimum Gasteiger partial charge on any atom is -0.480 e. The van der Waals surface area contributed by atoms with Crippen LogP contribution in [0.15, 0.2) is 11.4 Å². The zero-order chi connectivity index (χ0) is 17.0. The second kappa shape index (κ2) is 7.93. The first kappa shape index (κ1) is 17.9. The molecule has 128 valence electrons. The predicted octanol–water partition coefficient (Wildman–Crippen LogP) is 2.77. The third-order valence-electron chi connectivity index (χ3n) is 4.69. The Bertz CT molecular complexity index is 558. The molecule has 6 heteroatoms. The van der Waals surface area contributed by atoms with Crippen LogP contribution in [0.25, 0.3) is 0 Å². The van der Waals surface area contributed by atoms with Gasteiger partial charge in [-0.3, -0.25) is 14.5 Å². The molecule has 0 radical (unpaired) electrons. The maximum Gasteiger partial charge on any atom is 0.317 e.